The molecule has 0 aromatic heterocycles. The van der Waals surface area contributed by atoms with Gasteiger partial charge in [-0.15, -0.1) is 0 Å². The quantitative estimate of drug-likeness (QED) is 0.726. The maximum absolute atomic E-state index is 13.4. The number of hydrazone groups is 1. The molecule has 0 saturated carbocycles. The van der Waals surface area contributed by atoms with Gasteiger partial charge in [0.2, 0.25) is 0 Å². The molecule has 2 aliphatic rings. The second-order valence-corrected chi connectivity index (χ2v) is 8.83. The van der Waals surface area contributed by atoms with Crippen LogP contribution in [0.1, 0.15) is 54.5 Å². The largest absolute Gasteiger partial charge is 0.294 e. The molecule has 0 aliphatic carbocycles. The topological polar surface area (TPSA) is 35.9 Å². The number of benzene rings is 2. The monoisotopic (exact) mass is 407 g/mol. The van der Waals surface area contributed by atoms with E-state index in [0.717, 1.165) is 54.3 Å². The van der Waals surface area contributed by atoms with Crippen LogP contribution in [0.3, 0.4) is 0 Å². The van der Waals surface area contributed by atoms with Crippen LogP contribution in [-0.4, -0.2) is 41.2 Å². The van der Waals surface area contributed by atoms with E-state index in [1.807, 2.05) is 0 Å². The molecule has 2 heterocycles. The Morgan fingerprint density at radius 1 is 1.10 bits per heavy atom. The first-order valence-electron chi connectivity index (χ1n) is 10.9. The molecule has 4 rings (SSSR count). The highest BCUT2D eigenvalue weighted by molar-refractivity contribution is 6.03. The molecule has 2 aliphatic heterocycles. The first-order chi connectivity index (χ1) is 14.4. The van der Waals surface area contributed by atoms with Gasteiger partial charge < -0.3 is 0 Å². The molecule has 0 N–H and O–H groups in total. The van der Waals surface area contributed by atoms with Crippen LogP contribution in [0.4, 0.5) is 4.39 Å². The Labute approximate surface area is 178 Å². The predicted octanol–water partition coefficient (Wildman–Crippen LogP) is 4.85. The summed E-state index contributed by atoms with van der Waals surface area (Å²) in [5.41, 5.74) is 5.17. The summed E-state index contributed by atoms with van der Waals surface area (Å²) >= 11 is 0. The van der Waals surface area contributed by atoms with Crippen molar-refractivity contribution in [2.45, 2.75) is 46.1 Å². The van der Waals surface area contributed by atoms with Crippen molar-refractivity contribution in [1.82, 2.24) is 9.91 Å². The lowest BCUT2D eigenvalue weighted by atomic mass is 9.94. The molecular formula is C25H30FN3O. The lowest BCUT2D eigenvalue weighted by molar-refractivity contribution is -0.134. The maximum atomic E-state index is 13.4. The fourth-order valence-electron chi connectivity index (χ4n) is 4.40. The molecule has 0 unspecified atom stereocenters. The van der Waals surface area contributed by atoms with Crippen LogP contribution in [0.2, 0.25) is 0 Å². The van der Waals surface area contributed by atoms with E-state index in [1.54, 1.807) is 17.1 Å². The van der Waals surface area contributed by atoms with Crippen molar-refractivity contribution in [3.8, 4) is 0 Å². The third kappa shape index (κ3) is 4.46. The zero-order valence-corrected chi connectivity index (χ0v) is 18.1. The van der Waals surface area contributed by atoms with Gasteiger partial charge in [-0.25, -0.2) is 9.40 Å². The molecule has 30 heavy (non-hydrogen) atoms. The molecule has 0 spiro atoms. The summed E-state index contributed by atoms with van der Waals surface area (Å²) in [6.07, 6.45) is 2.91. The molecule has 2 aromatic rings. The lowest BCUT2D eigenvalue weighted by Crippen LogP contribution is -2.41. The van der Waals surface area contributed by atoms with E-state index >= 15 is 0 Å². The fraction of sp³-hybridized carbons (Fsp3) is 0.440. The Hall–Kier alpha value is -2.53. The van der Waals surface area contributed by atoms with E-state index in [9.17, 15) is 9.18 Å². The highest BCUT2D eigenvalue weighted by Crippen LogP contribution is 2.35. The molecular weight excluding hydrogens is 377 g/mol. The van der Waals surface area contributed by atoms with E-state index in [2.05, 4.69) is 43.9 Å². The van der Waals surface area contributed by atoms with Crippen LogP contribution in [0.25, 0.3) is 0 Å². The minimum absolute atomic E-state index is 0.0348. The van der Waals surface area contributed by atoms with Crippen LogP contribution in [0.5, 0.6) is 0 Å². The second-order valence-electron chi connectivity index (χ2n) is 8.83. The van der Waals surface area contributed by atoms with Crippen molar-refractivity contribution in [1.29, 1.82) is 0 Å². The molecule has 4 nitrogen and oxygen atoms in total. The van der Waals surface area contributed by atoms with E-state index in [-0.39, 0.29) is 17.8 Å². The van der Waals surface area contributed by atoms with Gasteiger partial charge in [0.05, 0.1) is 18.3 Å². The third-order valence-electron chi connectivity index (χ3n) is 6.37. The highest BCUT2D eigenvalue weighted by atomic mass is 19.1. The summed E-state index contributed by atoms with van der Waals surface area (Å²) in [5.74, 6) is 0.497. The van der Waals surface area contributed by atoms with Crippen molar-refractivity contribution < 1.29 is 9.18 Å². The van der Waals surface area contributed by atoms with Gasteiger partial charge in [0.15, 0.2) is 0 Å². The van der Waals surface area contributed by atoms with Gasteiger partial charge in [0.25, 0.3) is 5.91 Å². The van der Waals surface area contributed by atoms with Crippen LogP contribution < -0.4 is 0 Å². The van der Waals surface area contributed by atoms with Gasteiger partial charge in [-0.2, -0.15) is 5.10 Å². The summed E-state index contributed by atoms with van der Waals surface area (Å²) in [5, 5.41) is 6.43. The average Bonchev–Trinajstić information content (AvgIpc) is 3.17. The summed E-state index contributed by atoms with van der Waals surface area (Å²) in [6, 6.07) is 12.6. The van der Waals surface area contributed by atoms with Gasteiger partial charge >= 0.3 is 0 Å². The molecule has 1 atom stereocenters. The van der Waals surface area contributed by atoms with Crippen LogP contribution in [-0.2, 0) is 4.79 Å². The number of amides is 1. The van der Waals surface area contributed by atoms with Crippen molar-refractivity contribution in [3.63, 3.8) is 0 Å². The molecule has 158 valence electrons. The molecule has 2 aromatic carbocycles. The molecule has 5 heteroatoms. The number of carbonyl (C=O) groups excluding carboxylic acids is 1. The van der Waals surface area contributed by atoms with Gasteiger partial charge in [0.1, 0.15) is 5.82 Å². The summed E-state index contributed by atoms with van der Waals surface area (Å²) in [6.45, 7) is 8.75. The number of halogens is 1. The van der Waals surface area contributed by atoms with Crippen LogP contribution in [0.15, 0.2) is 47.6 Å². The number of rotatable bonds is 4. The van der Waals surface area contributed by atoms with Gasteiger partial charge in [-0.3, -0.25) is 9.69 Å². The number of piperidine rings is 1. The highest BCUT2D eigenvalue weighted by Gasteiger charge is 2.34. The van der Waals surface area contributed by atoms with E-state index in [4.69, 9.17) is 5.10 Å². The zero-order valence-electron chi connectivity index (χ0n) is 18.1. The number of aryl methyl sites for hydroxylation is 2. The molecule has 1 saturated heterocycles. The predicted molar refractivity (Wildman–Crippen MR) is 118 cm³/mol. The minimum atomic E-state index is -0.268. The Balaban J connectivity index is 1.62. The summed E-state index contributed by atoms with van der Waals surface area (Å²) in [4.78, 5) is 15.6. The van der Waals surface area contributed by atoms with Crippen LogP contribution >= 0.6 is 0 Å². The number of nitrogens with zero attached hydrogens (tertiary/aromatic N) is 3. The van der Waals surface area contributed by atoms with E-state index in [0.29, 0.717) is 13.0 Å². The standard InChI is InChI=1S/C25H30FN3O/c1-17-10-12-28(13-11-17)16-25(30)29-24(22-14-18(2)4-5-19(22)3)15-23(27-29)20-6-8-21(26)9-7-20/h4-9,14,17,24H,10-13,15-16H2,1-3H3/t24-/m0/s1. The van der Waals surface area contributed by atoms with Gasteiger partial charge in [-0.05, 0) is 74.5 Å². The Morgan fingerprint density at radius 2 is 1.80 bits per heavy atom. The number of hydrogen-bond acceptors (Lipinski definition) is 3. The third-order valence-corrected chi connectivity index (χ3v) is 6.37. The Morgan fingerprint density at radius 3 is 2.50 bits per heavy atom. The fourth-order valence-corrected chi connectivity index (χ4v) is 4.40. The second kappa shape index (κ2) is 8.68. The Kier molecular flexibility index (Phi) is 6.00. The summed E-state index contributed by atoms with van der Waals surface area (Å²) in [7, 11) is 0. The van der Waals surface area contributed by atoms with Crippen molar-refractivity contribution in [2.24, 2.45) is 11.0 Å². The summed E-state index contributed by atoms with van der Waals surface area (Å²) < 4.78 is 13.4. The average molecular weight is 408 g/mol. The molecule has 0 bridgehead atoms. The molecule has 1 fully saturated rings. The van der Waals surface area contributed by atoms with E-state index < -0.39 is 0 Å². The normalized spacial score (nSPS) is 20.5. The Bertz CT molecular complexity index is 945. The van der Waals surface area contributed by atoms with Gasteiger partial charge in [-0.1, -0.05) is 42.8 Å². The lowest BCUT2D eigenvalue weighted by Gasteiger charge is -2.31. The number of carbonyl (C=O) groups is 1. The first-order valence-corrected chi connectivity index (χ1v) is 10.9. The zero-order chi connectivity index (χ0) is 21.3. The maximum Gasteiger partial charge on any atom is 0.257 e. The first kappa shape index (κ1) is 20.7. The van der Waals surface area contributed by atoms with E-state index in [1.165, 1.54) is 17.7 Å². The van der Waals surface area contributed by atoms with Crippen molar-refractivity contribution >= 4 is 11.6 Å². The van der Waals surface area contributed by atoms with Gasteiger partial charge in [0, 0.05) is 6.42 Å². The van der Waals surface area contributed by atoms with Crippen LogP contribution in [0, 0.1) is 25.6 Å². The number of likely N-dealkylation sites (tertiary alicyclic amines) is 1. The van der Waals surface area contributed by atoms with Crippen molar-refractivity contribution in [2.75, 3.05) is 19.6 Å². The number of hydrogen-bond donors (Lipinski definition) is 0. The minimum Gasteiger partial charge on any atom is -0.294 e. The molecule has 0 radical (unpaired) electrons. The smallest absolute Gasteiger partial charge is 0.257 e. The van der Waals surface area contributed by atoms with Crippen molar-refractivity contribution in [3.05, 3.63) is 70.5 Å². The SMILES string of the molecule is Cc1ccc(C)c([C@@H]2CC(c3ccc(F)cc3)=NN2C(=O)CN2CCC(C)CC2)c1. The molecule has 1 amide bonds.